The highest BCUT2D eigenvalue weighted by Crippen LogP contribution is 2.14. The predicted molar refractivity (Wildman–Crippen MR) is 125 cm³/mol. The maximum atomic E-state index is 10.5. The number of carbonyl (C=O) groups is 1. The van der Waals surface area contributed by atoms with Crippen LogP contribution in [0.4, 0.5) is 0 Å². The topological polar surface area (TPSA) is 32.3 Å². The van der Waals surface area contributed by atoms with Gasteiger partial charge in [0.25, 0.3) is 0 Å². The van der Waals surface area contributed by atoms with Crippen molar-refractivity contribution in [2.75, 3.05) is 13.1 Å². The average Bonchev–Trinajstić information content (AvgIpc) is 2.68. The molecule has 0 aromatic rings. The van der Waals surface area contributed by atoms with Gasteiger partial charge in [-0.3, -0.25) is 4.79 Å². The third kappa shape index (κ3) is 16.0. The third-order valence-electron chi connectivity index (χ3n) is 5.51. The van der Waals surface area contributed by atoms with E-state index in [4.69, 9.17) is 0 Å². The van der Waals surface area contributed by atoms with Gasteiger partial charge in [0, 0.05) is 12.2 Å². The molecule has 1 heterocycles. The Morgan fingerprint density at radius 3 is 1.75 bits per heavy atom. The van der Waals surface area contributed by atoms with Crippen molar-refractivity contribution in [2.45, 2.75) is 110 Å². The molecule has 0 aliphatic carbocycles. The zero-order chi connectivity index (χ0) is 19.4. The second-order valence-corrected chi connectivity index (χ2v) is 8.07. The van der Waals surface area contributed by atoms with Crippen LogP contribution in [0.1, 0.15) is 110 Å². The van der Waals surface area contributed by atoms with Crippen LogP contribution in [-0.4, -0.2) is 24.4 Å². The normalized spacial score (nSPS) is 13.2. The number of nitrogens with one attached hydrogen (secondary N) is 1. The van der Waals surface area contributed by atoms with Crippen molar-refractivity contribution in [1.82, 2.24) is 10.2 Å². The second-order valence-electron chi connectivity index (χ2n) is 8.07. The molecular formula is C24H45ClN2O. The standard InChI is InChI=1S/C24H44N2O.ClH/c1-2-3-4-5-6-7-8-9-10-11-12-13-14-15-16-17-20-26-21-18-19-24(22-26)25-23-27;/h18-19,21,23H,2-17,20,22H2,1H3,(H,25,27);1H. The lowest BCUT2D eigenvalue weighted by Crippen LogP contribution is -2.28. The zero-order valence-corrected chi connectivity index (χ0v) is 19.1. The molecule has 0 spiro atoms. The number of hydrogen-bond donors (Lipinski definition) is 1. The molecule has 1 aliphatic rings. The lowest BCUT2D eigenvalue weighted by molar-refractivity contribution is -0.109. The largest absolute Gasteiger partial charge is 0.372 e. The van der Waals surface area contributed by atoms with Crippen LogP contribution in [-0.2, 0) is 4.79 Å². The van der Waals surface area contributed by atoms with Crippen molar-refractivity contribution in [2.24, 2.45) is 0 Å². The predicted octanol–water partition coefficient (Wildman–Crippen LogP) is 7.13. The third-order valence-corrected chi connectivity index (χ3v) is 5.51. The van der Waals surface area contributed by atoms with Crippen molar-refractivity contribution >= 4 is 18.8 Å². The Balaban J connectivity index is 0.00000729. The maximum Gasteiger partial charge on any atom is 0.211 e. The molecule has 1 N–H and O–H groups in total. The molecule has 0 aromatic carbocycles. The first-order chi connectivity index (χ1) is 13.4. The summed E-state index contributed by atoms with van der Waals surface area (Å²) in [4.78, 5) is 12.8. The molecule has 0 saturated carbocycles. The van der Waals surface area contributed by atoms with Crippen molar-refractivity contribution in [1.29, 1.82) is 0 Å². The Labute approximate surface area is 180 Å². The van der Waals surface area contributed by atoms with Gasteiger partial charge < -0.3 is 10.2 Å². The SMILES string of the molecule is CCCCCCCCCCCCCCCCCCN1C=CC=C(NC=O)C1.Cl. The summed E-state index contributed by atoms with van der Waals surface area (Å²) in [6.45, 7) is 4.21. The molecule has 0 aromatic heterocycles. The first kappa shape index (κ1) is 27.0. The lowest BCUT2D eigenvalue weighted by atomic mass is 10.0. The first-order valence-electron chi connectivity index (χ1n) is 11.7. The summed E-state index contributed by atoms with van der Waals surface area (Å²) < 4.78 is 0. The fourth-order valence-electron chi connectivity index (χ4n) is 3.79. The van der Waals surface area contributed by atoms with Crippen molar-refractivity contribution in [3.05, 3.63) is 24.0 Å². The summed E-state index contributed by atoms with van der Waals surface area (Å²) in [5, 5.41) is 2.76. The molecule has 0 fully saturated rings. The zero-order valence-electron chi connectivity index (χ0n) is 18.3. The Morgan fingerprint density at radius 2 is 1.29 bits per heavy atom. The highest BCUT2D eigenvalue weighted by molar-refractivity contribution is 5.85. The Bertz CT molecular complexity index is 409. The molecule has 1 amide bonds. The number of nitrogens with zero attached hydrogens (tertiary/aromatic N) is 1. The Morgan fingerprint density at radius 1 is 0.821 bits per heavy atom. The molecule has 1 aliphatic heterocycles. The van der Waals surface area contributed by atoms with Crippen LogP contribution in [0.5, 0.6) is 0 Å². The van der Waals surface area contributed by atoms with Gasteiger partial charge in [0.2, 0.25) is 6.41 Å². The van der Waals surface area contributed by atoms with E-state index in [2.05, 4.69) is 23.3 Å². The highest BCUT2D eigenvalue weighted by Gasteiger charge is 2.06. The van der Waals surface area contributed by atoms with Gasteiger partial charge in [-0.25, -0.2) is 0 Å². The quantitative estimate of drug-likeness (QED) is 0.181. The molecule has 164 valence electrons. The van der Waals surface area contributed by atoms with E-state index in [-0.39, 0.29) is 12.4 Å². The van der Waals surface area contributed by atoms with Crippen LogP contribution in [0, 0.1) is 0 Å². The fourth-order valence-corrected chi connectivity index (χ4v) is 3.79. The summed E-state index contributed by atoms with van der Waals surface area (Å²) in [5.74, 6) is 0. The van der Waals surface area contributed by atoms with Gasteiger partial charge in [-0.05, 0) is 24.8 Å². The molecule has 0 radical (unpaired) electrons. The number of carbonyl (C=O) groups excluding carboxylic acids is 1. The number of amides is 1. The minimum atomic E-state index is 0. The van der Waals surface area contributed by atoms with E-state index in [0.717, 1.165) is 25.2 Å². The smallest absolute Gasteiger partial charge is 0.211 e. The summed E-state index contributed by atoms with van der Waals surface area (Å²) in [6.07, 6.45) is 29.4. The van der Waals surface area contributed by atoms with Gasteiger partial charge in [0.1, 0.15) is 0 Å². The molecule has 28 heavy (non-hydrogen) atoms. The van der Waals surface area contributed by atoms with Crippen molar-refractivity contribution < 1.29 is 4.79 Å². The second kappa shape index (κ2) is 20.8. The molecule has 0 bridgehead atoms. The molecule has 0 unspecified atom stereocenters. The molecular weight excluding hydrogens is 368 g/mol. The van der Waals surface area contributed by atoms with Gasteiger partial charge in [0.05, 0.1) is 6.54 Å². The number of allylic oxidation sites excluding steroid dienone is 2. The summed E-state index contributed by atoms with van der Waals surface area (Å²) in [5.41, 5.74) is 0.990. The maximum absolute atomic E-state index is 10.5. The van der Waals surface area contributed by atoms with E-state index in [0.29, 0.717) is 0 Å². The van der Waals surface area contributed by atoms with Crippen LogP contribution < -0.4 is 5.32 Å². The fraction of sp³-hybridized carbons (Fsp3) is 0.792. The number of halogens is 1. The number of rotatable bonds is 19. The van der Waals surface area contributed by atoms with E-state index in [1.54, 1.807) is 0 Å². The number of hydrogen-bond acceptors (Lipinski definition) is 2. The van der Waals surface area contributed by atoms with Gasteiger partial charge in [0.15, 0.2) is 0 Å². The van der Waals surface area contributed by atoms with E-state index in [9.17, 15) is 4.79 Å². The van der Waals surface area contributed by atoms with Crippen LogP contribution in [0.15, 0.2) is 24.0 Å². The van der Waals surface area contributed by atoms with Crippen molar-refractivity contribution in [3.63, 3.8) is 0 Å². The Hall–Kier alpha value is -0.960. The molecule has 1 rings (SSSR count). The van der Waals surface area contributed by atoms with E-state index in [1.807, 2.05) is 12.2 Å². The highest BCUT2D eigenvalue weighted by atomic mass is 35.5. The number of unbranched alkanes of at least 4 members (excludes halogenated alkanes) is 15. The Kier molecular flexibility index (Phi) is 20.1. The molecule has 3 nitrogen and oxygen atoms in total. The van der Waals surface area contributed by atoms with Gasteiger partial charge in [-0.15, -0.1) is 12.4 Å². The van der Waals surface area contributed by atoms with E-state index >= 15 is 0 Å². The average molecular weight is 413 g/mol. The van der Waals surface area contributed by atoms with Gasteiger partial charge in [-0.1, -0.05) is 103 Å². The monoisotopic (exact) mass is 412 g/mol. The van der Waals surface area contributed by atoms with Crippen LogP contribution in [0.3, 0.4) is 0 Å². The summed E-state index contributed by atoms with van der Waals surface area (Å²) in [6, 6.07) is 0. The minimum Gasteiger partial charge on any atom is -0.372 e. The van der Waals surface area contributed by atoms with E-state index < -0.39 is 0 Å². The summed E-state index contributed by atoms with van der Waals surface area (Å²) in [7, 11) is 0. The van der Waals surface area contributed by atoms with Crippen LogP contribution >= 0.6 is 12.4 Å². The first-order valence-corrected chi connectivity index (χ1v) is 11.7. The molecule has 0 atom stereocenters. The van der Waals surface area contributed by atoms with Gasteiger partial charge >= 0.3 is 0 Å². The van der Waals surface area contributed by atoms with Gasteiger partial charge in [-0.2, -0.15) is 0 Å². The van der Waals surface area contributed by atoms with Crippen LogP contribution in [0.25, 0.3) is 0 Å². The molecule has 0 saturated heterocycles. The summed E-state index contributed by atoms with van der Waals surface area (Å²) >= 11 is 0. The van der Waals surface area contributed by atoms with E-state index in [1.165, 1.54) is 103 Å². The minimum absolute atomic E-state index is 0. The molecule has 4 heteroatoms. The van der Waals surface area contributed by atoms with Crippen LogP contribution in [0.2, 0.25) is 0 Å². The lowest BCUT2D eigenvalue weighted by Gasteiger charge is -2.24. The van der Waals surface area contributed by atoms with Crippen molar-refractivity contribution in [3.8, 4) is 0 Å².